The van der Waals surface area contributed by atoms with Crippen molar-refractivity contribution in [2.45, 2.75) is 19.4 Å². The molecule has 0 bridgehead atoms. The molecule has 1 unspecified atom stereocenters. The van der Waals surface area contributed by atoms with E-state index in [4.69, 9.17) is 4.52 Å². The summed E-state index contributed by atoms with van der Waals surface area (Å²) < 4.78 is 6.52. The Kier molecular flexibility index (Phi) is 5.38. The molecule has 0 aromatic carbocycles. The van der Waals surface area contributed by atoms with Gasteiger partial charge in [0.2, 0.25) is 0 Å². The van der Waals surface area contributed by atoms with Crippen LogP contribution in [-0.4, -0.2) is 42.3 Å². The van der Waals surface area contributed by atoms with Crippen LogP contribution in [0.25, 0.3) is 20.3 Å². The molecule has 1 N–H and O–H groups in total. The van der Waals surface area contributed by atoms with Gasteiger partial charge in [0, 0.05) is 26.6 Å². The Hall–Kier alpha value is -1.22. The molecule has 6 nitrogen and oxygen atoms in total. The number of aromatic nitrogens is 3. The zero-order valence-corrected chi connectivity index (χ0v) is 15.2. The number of anilines is 1. The highest BCUT2D eigenvalue weighted by Gasteiger charge is 2.16. The number of rotatable bonds is 5. The van der Waals surface area contributed by atoms with E-state index in [-0.39, 0.29) is 12.4 Å². The third-order valence-electron chi connectivity index (χ3n) is 3.12. The van der Waals surface area contributed by atoms with Crippen LogP contribution in [0.4, 0.5) is 5.13 Å². The van der Waals surface area contributed by atoms with Crippen LogP contribution in [0.1, 0.15) is 12.7 Å². The maximum atomic E-state index is 5.36. The number of nitrogens with one attached hydrogen (secondary N) is 1. The number of nitrogens with zero attached hydrogens (tertiary/aromatic N) is 4. The second-order valence-corrected chi connectivity index (χ2v) is 7.12. The summed E-state index contributed by atoms with van der Waals surface area (Å²) >= 11 is 3.25. The molecule has 0 saturated heterocycles. The van der Waals surface area contributed by atoms with Gasteiger partial charge in [0.05, 0.1) is 9.58 Å². The van der Waals surface area contributed by atoms with Gasteiger partial charge in [-0.2, -0.15) is 4.98 Å². The number of fused-ring (bicyclic) bond motifs is 1. The monoisotopic (exact) mass is 359 g/mol. The fraction of sp³-hybridized carbons (Fsp3) is 0.462. The minimum absolute atomic E-state index is 0. The van der Waals surface area contributed by atoms with Crippen LogP contribution < -0.4 is 10.2 Å². The Balaban J connectivity index is 0.00000176. The van der Waals surface area contributed by atoms with Crippen molar-refractivity contribution in [1.29, 1.82) is 0 Å². The lowest BCUT2D eigenvalue weighted by Gasteiger charge is -2.04. The third-order valence-corrected chi connectivity index (χ3v) is 5.44. The van der Waals surface area contributed by atoms with Crippen molar-refractivity contribution >= 4 is 49.7 Å². The van der Waals surface area contributed by atoms with Gasteiger partial charge in [0.25, 0.3) is 5.89 Å². The molecule has 0 saturated carbocycles. The molecular formula is C13H18ClN5OS2. The summed E-state index contributed by atoms with van der Waals surface area (Å²) in [6.45, 7) is 2.09. The molecule has 0 amide bonds. The molecule has 0 spiro atoms. The lowest BCUT2D eigenvalue weighted by atomic mass is 10.2. The quantitative estimate of drug-likeness (QED) is 0.755. The van der Waals surface area contributed by atoms with Crippen LogP contribution in [0.2, 0.25) is 0 Å². The number of likely N-dealkylation sites (N-methyl/N-ethyl adjacent to an activating group) is 1. The molecule has 3 rings (SSSR count). The Labute approximate surface area is 143 Å². The Morgan fingerprint density at radius 1 is 1.32 bits per heavy atom. The second-order valence-electron chi connectivity index (χ2n) is 5.08. The van der Waals surface area contributed by atoms with E-state index < -0.39 is 0 Å². The number of hydrogen-bond donors (Lipinski definition) is 1. The lowest BCUT2D eigenvalue weighted by Crippen LogP contribution is -2.24. The summed E-state index contributed by atoms with van der Waals surface area (Å²) in [5.41, 5.74) is 0. The zero-order valence-electron chi connectivity index (χ0n) is 12.8. The van der Waals surface area contributed by atoms with Crippen molar-refractivity contribution < 1.29 is 4.52 Å². The lowest BCUT2D eigenvalue weighted by molar-refractivity contribution is 0.419. The summed E-state index contributed by atoms with van der Waals surface area (Å²) in [5.74, 6) is 1.31. The van der Waals surface area contributed by atoms with Crippen LogP contribution in [0.5, 0.6) is 0 Å². The topological polar surface area (TPSA) is 67.1 Å². The van der Waals surface area contributed by atoms with Crippen LogP contribution in [0.15, 0.2) is 10.6 Å². The first-order valence-corrected chi connectivity index (χ1v) is 8.28. The van der Waals surface area contributed by atoms with E-state index in [0.717, 1.165) is 31.8 Å². The molecule has 1 atom stereocenters. The smallest absolute Gasteiger partial charge is 0.268 e. The predicted octanol–water partition coefficient (Wildman–Crippen LogP) is 3.05. The van der Waals surface area contributed by atoms with Crippen molar-refractivity contribution in [2.24, 2.45) is 0 Å². The van der Waals surface area contributed by atoms with Crippen molar-refractivity contribution in [2.75, 3.05) is 26.0 Å². The van der Waals surface area contributed by atoms with Crippen molar-refractivity contribution in [3.8, 4) is 10.8 Å². The molecule has 3 heterocycles. The van der Waals surface area contributed by atoms with E-state index in [1.54, 1.807) is 22.7 Å². The predicted molar refractivity (Wildman–Crippen MR) is 94.6 cm³/mol. The van der Waals surface area contributed by atoms with Crippen molar-refractivity contribution in [3.63, 3.8) is 0 Å². The van der Waals surface area contributed by atoms with Gasteiger partial charge in [0.15, 0.2) is 11.0 Å². The standard InChI is InChI=1S/C13H17N5OS2.ClH/c1-7(14-2)5-10-15-11(19-17-10)8-6-9-12(20-8)16-13(21-9)18(3)4;/h6-7,14H,5H2,1-4H3;1H. The van der Waals surface area contributed by atoms with E-state index in [1.807, 2.05) is 26.0 Å². The Morgan fingerprint density at radius 3 is 2.73 bits per heavy atom. The molecule has 0 aliphatic heterocycles. The third kappa shape index (κ3) is 3.40. The first kappa shape index (κ1) is 17.1. The molecule has 9 heteroatoms. The van der Waals surface area contributed by atoms with Gasteiger partial charge in [-0.1, -0.05) is 16.5 Å². The second kappa shape index (κ2) is 6.91. The fourth-order valence-corrected chi connectivity index (χ4v) is 3.89. The van der Waals surface area contributed by atoms with Gasteiger partial charge in [-0.15, -0.1) is 23.7 Å². The van der Waals surface area contributed by atoms with Gasteiger partial charge in [-0.3, -0.25) is 0 Å². The average molecular weight is 360 g/mol. The van der Waals surface area contributed by atoms with E-state index in [9.17, 15) is 0 Å². The summed E-state index contributed by atoms with van der Waals surface area (Å²) in [7, 11) is 5.92. The van der Waals surface area contributed by atoms with E-state index >= 15 is 0 Å². The van der Waals surface area contributed by atoms with Crippen LogP contribution in [0.3, 0.4) is 0 Å². The van der Waals surface area contributed by atoms with Gasteiger partial charge in [-0.25, -0.2) is 4.98 Å². The summed E-state index contributed by atoms with van der Waals surface area (Å²) in [6, 6.07) is 2.40. The molecule has 3 aromatic rings. The van der Waals surface area contributed by atoms with Crippen molar-refractivity contribution in [1.82, 2.24) is 20.4 Å². The maximum absolute atomic E-state index is 5.36. The van der Waals surface area contributed by atoms with E-state index in [0.29, 0.717) is 11.9 Å². The maximum Gasteiger partial charge on any atom is 0.268 e. The molecule has 0 aliphatic rings. The molecule has 0 radical (unpaired) electrons. The summed E-state index contributed by atoms with van der Waals surface area (Å²) in [4.78, 5) is 13.1. The highest BCUT2D eigenvalue weighted by Crippen LogP contribution is 2.37. The van der Waals surface area contributed by atoms with E-state index in [2.05, 4.69) is 33.4 Å². The minimum atomic E-state index is 0. The molecule has 0 fully saturated rings. The SMILES string of the molecule is CNC(C)Cc1noc(-c2cc3sc(N(C)C)nc3s2)n1.Cl. The van der Waals surface area contributed by atoms with Gasteiger partial charge >= 0.3 is 0 Å². The minimum Gasteiger partial charge on any atom is -0.354 e. The molecule has 3 aromatic heterocycles. The normalized spacial score (nSPS) is 12.4. The number of thiazole rings is 1. The van der Waals surface area contributed by atoms with Crippen LogP contribution in [0, 0.1) is 0 Å². The number of halogens is 1. The molecule has 0 aliphatic carbocycles. The molecule has 120 valence electrons. The largest absolute Gasteiger partial charge is 0.354 e. The highest BCUT2D eigenvalue weighted by atomic mass is 35.5. The van der Waals surface area contributed by atoms with Crippen molar-refractivity contribution in [3.05, 3.63) is 11.9 Å². The van der Waals surface area contributed by atoms with Crippen LogP contribution >= 0.6 is 35.1 Å². The summed E-state index contributed by atoms with van der Waals surface area (Å²) in [6.07, 6.45) is 0.753. The summed E-state index contributed by atoms with van der Waals surface area (Å²) in [5, 5.41) is 8.21. The van der Waals surface area contributed by atoms with Gasteiger partial charge in [0.1, 0.15) is 4.83 Å². The first-order valence-electron chi connectivity index (χ1n) is 6.64. The number of hydrogen-bond acceptors (Lipinski definition) is 8. The van der Waals surface area contributed by atoms with E-state index in [1.165, 1.54) is 0 Å². The highest BCUT2D eigenvalue weighted by molar-refractivity contribution is 7.30. The zero-order chi connectivity index (χ0) is 15.0. The Bertz CT molecular complexity index is 719. The Morgan fingerprint density at radius 2 is 2.09 bits per heavy atom. The first-order chi connectivity index (χ1) is 10.1. The van der Waals surface area contributed by atoms with Crippen LogP contribution in [-0.2, 0) is 6.42 Å². The fourth-order valence-electron chi connectivity index (χ4n) is 1.83. The van der Waals surface area contributed by atoms with Gasteiger partial charge in [-0.05, 0) is 20.0 Å². The number of thiophene rings is 1. The average Bonchev–Trinajstić information content (AvgIpc) is 3.10. The molecule has 22 heavy (non-hydrogen) atoms. The van der Waals surface area contributed by atoms with Gasteiger partial charge < -0.3 is 14.7 Å². The molecular weight excluding hydrogens is 342 g/mol.